The fourth-order valence-electron chi connectivity index (χ4n) is 1.78. The molecule has 21 heavy (non-hydrogen) atoms. The zero-order valence-corrected chi connectivity index (χ0v) is 13.5. The molecule has 3 N–H and O–H groups in total. The molecule has 0 saturated heterocycles. The Hall–Kier alpha value is -2.01. The number of anilines is 2. The summed E-state index contributed by atoms with van der Waals surface area (Å²) in [4.78, 5) is 12.2. The predicted octanol–water partition coefficient (Wildman–Crippen LogP) is 3.20. The van der Waals surface area contributed by atoms with Gasteiger partial charge in [0, 0.05) is 17.6 Å². The molecule has 0 bridgehead atoms. The zero-order chi connectivity index (χ0) is 14.9. The maximum atomic E-state index is 12.2. The number of benzene rings is 1. The van der Waals surface area contributed by atoms with Gasteiger partial charge in [-0.1, -0.05) is 6.07 Å². The maximum absolute atomic E-state index is 12.2. The second kappa shape index (κ2) is 6.18. The van der Waals surface area contributed by atoms with E-state index in [0.29, 0.717) is 11.3 Å². The first-order valence-corrected chi connectivity index (χ1v) is 6.50. The summed E-state index contributed by atoms with van der Waals surface area (Å²) in [5.41, 5.74) is 8.43. The molecule has 2 aromatic rings. The van der Waals surface area contributed by atoms with Gasteiger partial charge in [-0.25, -0.2) is 0 Å². The van der Waals surface area contributed by atoms with Gasteiger partial charge in [0.2, 0.25) is 0 Å². The van der Waals surface area contributed by atoms with E-state index in [-0.39, 0.29) is 23.9 Å². The van der Waals surface area contributed by atoms with Gasteiger partial charge in [0.1, 0.15) is 0 Å². The minimum atomic E-state index is -0.186. The normalized spacial score (nSPS) is 10.9. The van der Waals surface area contributed by atoms with Gasteiger partial charge in [0.25, 0.3) is 5.91 Å². The molecule has 0 aliphatic carbocycles. The first-order chi connectivity index (χ1) is 9.27. The highest BCUT2D eigenvalue weighted by Crippen LogP contribution is 2.19. The largest absolute Gasteiger partial charge is 0.399 e. The molecule has 2 rings (SSSR count). The standard InChI is InChI=1S/C15H20N4O.ClH/c1-10-5-6-12(16)7-13(10)18-14(20)11-8-17-19(9-11)15(2,3)4;/h5-9H,16H2,1-4H3,(H,18,20);1H. The molecule has 0 radical (unpaired) electrons. The Balaban J connectivity index is 0.00000220. The molecular formula is C15H21ClN4O. The Morgan fingerprint density at radius 3 is 2.57 bits per heavy atom. The third-order valence-electron chi connectivity index (χ3n) is 3.04. The highest BCUT2D eigenvalue weighted by molar-refractivity contribution is 6.04. The number of aryl methyl sites for hydroxylation is 1. The Morgan fingerprint density at radius 2 is 2.00 bits per heavy atom. The minimum absolute atomic E-state index is 0. The Labute approximate surface area is 130 Å². The Kier molecular flexibility index (Phi) is 5.01. The third-order valence-corrected chi connectivity index (χ3v) is 3.04. The summed E-state index contributed by atoms with van der Waals surface area (Å²) in [7, 11) is 0. The van der Waals surface area contributed by atoms with Crippen molar-refractivity contribution in [2.24, 2.45) is 0 Å². The van der Waals surface area contributed by atoms with Crippen LogP contribution in [0.5, 0.6) is 0 Å². The van der Waals surface area contributed by atoms with Crippen molar-refractivity contribution < 1.29 is 4.79 Å². The number of nitrogens with two attached hydrogens (primary N) is 1. The lowest BCUT2D eigenvalue weighted by atomic mass is 10.1. The van der Waals surface area contributed by atoms with Crippen molar-refractivity contribution in [2.45, 2.75) is 33.2 Å². The second-order valence-corrected chi connectivity index (χ2v) is 5.87. The van der Waals surface area contributed by atoms with Crippen LogP contribution in [0.2, 0.25) is 0 Å². The van der Waals surface area contributed by atoms with Gasteiger partial charge in [0.05, 0.1) is 17.3 Å². The number of rotatable bonds is 2. The molecule has 0 fully saturated rings. The second-order valence-electron chi connectivity index (χ2n) is 5.87. The van der Waals surface area contributed by atoms with E-state index >= 15 is 0 Å². The van der Waals surface area contributed by atoms with Crippen molar-refractivity contribution in [2.75, 3.05) is 11.1 Å². The molecular weight excluding hydrogens is 288 g/mol. The highest BCUT2D eigenvalue weighted by atomic mass is 35.5. The highest BCUT2D eigenvalue weighted by Gasteiger charge is 2.17. The van der Waals surface area contributed by atoms with Gasteiger partial charge in [-0.2, -0.15) is 5.10 Å². The van der Waals surface area contributed by atoms with Crippen molar-refractivity contribution >= 4 is 29.7 Å². The SMILES string of the molecule is Cc1ccc(N)cc1NC(=O)c1cnn(C(C)(C)C)c1.Cl. The smallest absolute Gasteiger partial charge is 0.258 e. The summed E-state index contributed by atoms with van der Waals surface area (Å²) in [5, 5.41) is 7.08. The van der Waals surface area contributed by atoms with Crippen molar-refractivity contribution in [3.63, 3.8) is 0 Å². The summed E-state index contributed by atoms with van der Waals surface area (Å²) < 4.78 is 1.77. The van der Waals surface area contributed by atoms with Crippen molar-refractivity contribution in [3.8, 4) is 0 Å². The van der Waals surface area contributed by atoms with Crippen LogP contribution in [0.1, 0.15) is 36.7 Å². The molecule has 1 heterocycles. The predicted molar refractivity (Wildman–Crippen MR) is 88.0 cm³/mol. The maximum Gasteiger partial charge on any atom is 0.258 e. The number of carbonyl (C=O) groups excluding carboxylic acids is 1. The molecule has 5 nitrogen and oxygen atoms in total. The van der Waals surface area contributed by atoms with E-state index in [0.717, 1.165) is 11.3 Å². The van der Waals surface area contributed by atoms with E-state index in [1.54, 1.807) is 23.1 Å². The number of nitrogen functional groups attached to an aromatic ring is 1. The molecule has 0 aliphatic heterocycles. The van der Waals surface area contributed by atoms with E-state index in [1.807, 2.05) is 39.8 Å². The molecule has 0 spiro atoms. The van der Waals surface area contributed by atoms with Crippen molar-refractivity contribution in [3.05, 3.63) is 41.7 Å². The lowest BCUT2D eigenvalue weighted by Crippen LogP contribution is -2.22. The first-order valence-electron chi connectivity index (χ1n) is 6.50. The average Bonchev–Trinajstić information content (AvgIpc) is 2.83. The Bertz CT molecular complexity index is 643. The number of nitrogens with zero attached hydrogens (tertiary/aromatic N) is 2. The molecule has 1 aromatic heterocycles. The molecule has 0 atom stereocenters. The van der Waals surface area contributed by atoms with Crippen LogP contribution in [-0.2, 0) is 5.54 Å². The number of amides is 1. The topological polar surface area (TPSA) is 72.9 Å². The van der Waals surface area contributed by atoms with Gasteiger partial charge in [-0.3, -0.25) is 9.48 Å². The van der Waals surface area contributed by atoms with Gasteiger partial charge >= 0.3 is 0 Å². The summed E-state index contributed by atoms with van der Waals surface area (Å²) in [6, 6.07) is 5.44. The molecule has 0 aliphatic rings. The van der Waals surface area contributed by atoms with Crippen LogP contribution in [0.15, 0.2) is 30.6 Å². The average molecular weight is 309 g/mol. The van der Waals surface area contributed by atoms with E-state index < -0.39 is 0 Å². The fraction of sp³-hybridized carbons (Fsp3) is 0.333. The number of halogens is 1. The lowest BCUT2D eigenvalue weighted by Gasteiger charge is -2.18. The van der Waals surface area contributed by atoms with Gasteiger partial charge in [-0.05, 0) is 45.4 Å². The first kappa shape index (κ1) is 17.0. The molecule has 0 unspecified atom stereocenters. The van der Waals surface area contributed by atoms with Gasteiger partial charge in [-0.15, -0.1) is 12.4 Å². The fourth-order valence-corrected chi connectivity index (χ4v) is 1.78. The number of nitrogens with one attached hydrogen (secondary N) is 1. The summed E-state index contributed by atoms with van der Waals surface area (Å²) in [5.74, 6) is -0.186. The quantitative estimate of drug-likeness (QED) is 0.837. The van der Waals surface area contributed by atoms with Crippen molar-refractivity contribution in [1.82, 2.24) is 9.78 Å². The molecule has 114 valence electrons. The van der Waals surface area contributed by atoms with E-state index in [4.69, 9.17) is 5.73 Å². The van der Waals surface area contributed by atoms with Gasteiger partial charge < -0.3 is 11.1 Å². The van der Waals surface area contributed by atoms with Crippen LogP contribution in [0.25, 0.3) is 0 Å². The number of hydrogen-bond acceptors (Lipinski definition) is 3. The summed E-state index contributed by atoms with van der Waals surface area (Å²) in [6.45, 7) is 8.02. The summed E-state index contributed by atoms with van der Waals surface area (Å²) in [6.07, 6.45) is 3.32. The van der Waals surface area contributed by atoms with Crippen LogP contribution in [-0.4, -0.2) is 15.7 Å². The zero-order valence-electron chi connectivity index (χ0n) is 12.7. The van der Waals surface area contributed by atoms with Gasteiger partial charge in [0.15, 0.2) is 0 Å². The third kappa shape index (κ3) is 3.98. The number of carbonyl (C=O) groups is 1. The minimum Gasteiger partial charge on any atom is -0.399 e. The summed E-state index contributed by atoms with van der Waals surface area (Å²) >= 11 is 0. The van der Waals surface area contributed by atoms with Crippen molar-refractivity contribution in [1.29, 1.82) is 0 Å². The van der Waals surface area contributed by atoms with E-state index in [1.165, 1.54) is 0 Å². The lowest BCUT2D eigenvalue weighted by molar-refractivity contribution is 0.102. The molecule has 1 amide bonds. The number of aromatic nitrogens is 2. The van der Waals surface area contributed by atoms with Crippen LogP contribution >= 0.6 is 12.4 Å². The monoisotopic (exact) mass is 308 g/mol. The van der Waals surface area contributed by atoms with E-state index in [9.17, 15) is 4.79 Å². The van der Waals surface area contributed by atoms with E-state index in [2.05, 4.69) is 10.4 Å². The Morgan fingerprint density at radius 1 is 1.33 bits per heavy atom. The molecule has 6 heteroatoms. The molecule has 1 aromatic carbocycles. The van der Waals surface area contributed by atoms with Crippen LogP contribution in [0, 0.1) is 6.92 Å². The van der Waals surface area contributed by atoms with Crippen LogP contribution in [0.3, 0.4) is 0 Å². The van der Waals surface area contributed by atoms with Crippen LogP contribution < -0.4 is 11.1 Å². The molecule has 0 saturated carbocycles. The van der Waals surface area contributed by atoms with Crippen LogP contribution in [0.4, 0.5) is 11.4 Å². The number of hydrogen-bond donors (Lipinski definition) is 2.